The van der Waals surface area contributed by atoms with E-state index in [1.807, 2.05) is 6.07 Å². The van der Waals surface area contributed by atoms with Crippen molar-refractivity contribution in [2.75, 3.05) is 19.8 Å². The second-order valence-corrected chi connectivity index (χ2v) is 8.97. The van der Waals surface area contributed by atoms with Gasteiger partial charge in [-0.15, -0.1) is 0 Å². The van der Waals surface area contributed by atoms with Crippen LogP contribution in [0.4, 0.5) is 0 Å². The van der Waals surface area contributed by atoms with Gasteiger partial charge in [0.1, 0.15) is 5.75 Å². The molecule has 3 atom stereocenters. The number of ether oxygens (including phenoxy) is 1. The van der Waals surface area contributed by atoms with Crippen LogP contribution in [0.5, 0.6) is 5.75 Å². The van der Waals surface area contributed by atoms with Crippen LogP contribution in [0.15, 0.2) is 54.6 Å². The Bertz CT molecular complexity index is 649. The molecular formula is C21H29N2OP. The van der Waals surface area contributed by atoms with E-state index < -0.39 is 7.92 Å². The third kappa shape index (κ3) is 4.82. The van der Waals surface area contributed by atoms with E-state index in [4.69, 9.17) is 10.5 Å². The Hall–Kier alpha value is -1.41. The fraction of sp³-hybridized carbons (Fsp3) is 0.429. The number of para-hydroxylation sites is 1. The maximum Gasteiger partial charge on any atom is 0.126 e. The van der Waals surface area contributed by atoms with Crippen molar-refractivity contribution in [3.8, 4) is 5.75 Å². The maximum atomic E-state index is 6.29. The Morgan fingerprint density at radius 1 is 1.04 bits per heavy atom. The molecule has 3 N–H and O–H groups in total. The highest BCUT2D eigenvalue weighted by atomic mass is 31.1. The van der Waals surface area contributed by atoms with E-state index in [2.05, 4.69) is 53.8 Å². The topological polar surface area (TPSA) is 47.3 Å². The molecular weight excluding hydrogens is 327 g/mol. The third-order valence-corrected chi connectivity index (χ3v) is 7.55. The average Bonchev–Trinajstić information content (AvgIpc) is 2.67. The van der Waals surface area contributed by atoms with Gasteiger partial charge in [-0.3, -0.25) is 0 Å². The SMILES string of the molecule is COc1ccccc1P(CCN[C@@H]1CCCC[C@H]1N)c1ccccc1. The van der Waals surface area contributed by atoms with Crippen LogP contribution >= 0.6 is 7.92 Å². The lowest BCUT2D eigenvalue weighted by atomic mass is 9.91. The molecule has 1 fully saturated rings. The molecule has 0 saturated heterocycles. The summed E-state index contributed by atoms with van der Waals surface area (Å²) in [5, 5.41) is 6.45. The molecule has 0 bridgehead atoms. The summed E-state index contributed by atoms with van der Waals surface area (Å²) < 4.78 is 5.64. The molecule has 1 saturated carbocycles. The first-order valence-electron chi connectivity index (χ1n) is 9.24. The van der Waals surface area contributed by atoms with Crippen molar-refractivity contribution in [1.82, 2.24) is 5.32 Å². The summed E-state index contributed by atoms with van der Waals surface area (Å²) in [6, 6.07) is 20.0. The zero-order chi connectivity index (χ0) is 17.5. The zero-order valence-corrected chi connectivity index (χ0v) is 15.9. The van der Waals surface area contributed by atoms with E-state index >= 15 is 0 Å². The van der Waals surface area contributed by atoms with E-state index in [-0.39, 0.29) is 0 Å². The molecule has 4 heteroatoms. The van der Waals surface area contributed by atoms with Crippen molar-refractivity contribution in [1.29, 1.82) is 0 Å². The summed E-state index contributed by atoms with van der Waals surface area (Å²) in [4.78, 5) is 0. The highest BCUT2D eigenvalue weighted by molar-refractivity contribution is 7.73. The van der Waals surface area contributed by atoms with E-state index in [1.54, 1.807) is 7.11 Å². The van der Waals surface area contributed by atoms with Gasteiger partial charge in [0.25, 0.3) is 0 Å². The molecule has 0 amide bonds. The molecule has 0 spiro atoms. The fourth-order valence-electron chi connectivity index (χ4n) is 3.62. The van der Waals surface area contributed by atoms with Gasteiger partial charge in [0.2, 0.25) is 0 Å². The van der Waals surface area contributed by atoms with Crippen molar-refractivity contribution < 1.29 is 4.74 Å². The Labute approximate surface area is 152 Å². The molecule has 25 heavy (non-hydrogen) atoms. The molecule has 1 aliphatic rings. The van der Waals surface area contributed by atoms with Gasteiger partial charge in [-0.2, -0.15) is 0 Å². The lowest BCUT2D eigenvalue weighted by Gasteiger charge is -2.30. The molecule has 0 heterocycles. The Morgan fingerprint density at radius 3 is 2.52 bits per heavy atom. The van der Waals surface area contributed by atoms with E-state index in [0.29, 0.717) is 12.1 Å². The molecule has 0 aromatic heterocycles. The van der Waals surface area contributed by atoms with Gasteiger partial charge < -0.3 is 15.8 Å². The summed E-state index contributed by atoms with van der Waals surface area (Å²) in [6.07, 6.45) is 6.03. The van der Waals surface area contributed by atoms with Crippen LogP contribution in [0.3, 0.4) is 0 Å². The first-order valence-corrected chi connectivity index (χ1v) is 10.8. The number of benzene rings is 2. The van der Waals surface area contributed by atoms with Crippen LogP contribution in [0.1, 0.15) is 25.7 Å². The normalized spacial score (nSPS) is 21.7. The minimum atomic E-state index is -0.447. The van der Waals surface area contributed by atoms with Crippen LogP contribution < -0.4 is 26.4 Å². The largest absolute Gasteiger partial charge is 0.496 e. The van der Waals surface area contributed by atoms with Crippen LogP contribution in [-0.4, -0.2) is 31.9 Å². The van der Waals surface area contributed by atoms with Crippen LogP contribution in [0.25, 0.3) is 0 Å². The van der Waals surface area contributed by atoms with Gasteiger partial charge in [-0.25, -0.2) is 0 Å². The van der Waals surface area contributed by atoms with Crippen LogP contribution in [0.2, 0.25) is 0 Å². The standard InChI is InChI=1S/C21H29N2OP/c1-24-20-13-7-8-14-21(20)25(17-9-3-2-4-10-17)16-15-23-19-12-6-5-11-18(19)22/h2-4,7-10,13-14,18-19,23H,5-6,11-12,15-16,22H2,1H3/t18-,19-,25?/m1/s1. The smallest absolute Gasteiger partial charge is 0.126 e. The summed E-state index contributed by atoms with van der Waals surface area (Å²) >= 11 is 0. The van der Waals surface area contributed by atoms with Crippen molar-refractivity contribution in [2.24, 2.45) is 5.73 Å². The second kappa shape index (κ2) is 9.33. The lowest BCUT2D eigenvalue weighted by molar-refractivity contribution is 0.333. The first kappa shape index (κ1) is 18.4. The van der Waals surface area contributed by atoms with Gasteiger partial charge in [0.05, 0.1) is 7.11 Å². The Kier molecular flexibility index (Phi) is 6.86. The quantitative estimate of drug-likeness (QED) is 0.750. The molecule has 3 rings (SSSR count). The highest BCUT2D eigenvalue weighted by Crippen LogP contribution is 2.36. The molecule has 0 radical (unpaired) electrons. The summed E-state index contributed by atoms with van der Waals surface area (Å²) in [7, 11) is 1.31. The second-order valence-electron chi connectivity index (χ2n) is 6.67. The number of methoxy groups -OCH3 is 1. The monoisotopic (exact) mass is 356 g/mol. The lowest BCUT2D eigenvalue weighted by Crippen LogP contribution is -2.47. The summed E-state index contributed by atoms with van der Waals surface area (Å²) in [5.41, 5.74) is 6.29. The number of rotatable bonds is 7. The van der Waals surface area contributed by atoms with Crippen LogP contribution in [-0.2, 0) is 0 Å². The number of hydrogen-bond donors (Lipinski definition) is 2. The molecule has 3 nitrogen and oxygen atoms in total. The average molecular weight is 356 g/mol. The molecule has 1 aliphatic carbocycles. The summed E-state index contributed by atoms with van der Waals surface area (Å²) in [6.45, 7) is 0.997. The van der Waals surface area contributed by atoms with Crippen molar-refractivity contribution in [3.63, 3.8) is 0 Å². The minimum Gasteiger partial charge on any atom is -0.496 e. The Balaban J connectivity index is 1.73. The molecule has 134 valence electrons. The predicted molar refractivity (Wildman–Crippen MR) is 109 cm³/mol. The van der Waals surface area contributed by atoms with Gasteiger partial charge in [0.15, 0.2) is 0 Å². The third-order valence-electron chi connectivity index (χ3n) is 5.01. The first-order chi connectivity index (χ1) is 12.3. The van der Waals surface area contributed by atoms with Gasteiger partial charge >= 0.3 is 0 Å². The van der Waals surface area contributed by atoms with E-state index in [1.165, 1.54) is 29.9 Å². The molecule has 1 unspecified atom stereocenters. The number of nitrogens with one attached hydrogen (secondary N) is 1. The molecule has 0 aliphatic heterocycles. The summed E-state index contributed by atoms with van der Waals surface area (Å²) in [5.74, 6) is 0.992. The van der Waals surface area contributed by atoms with Gasteiger partial charge in [-0.05, 0) is 44.8 Å². The maximum absolute atomic E-state index is 6.29. The zero-order valence-electron chi connectivity index (χ0n) is 15.0. The van der Waals surface area contributed by atoms with E-state index in [9.17, 15) is 0 Å². The number of nitrogens with two attached hydrogens (primary N) is 1. The predicted octanol–water partition coefficient (Wildman–Crippen LogP) is 2.99. The molecule has 2 aromatic carbocycles. The van der Waals surface area contributed by atoms with Crippen LogP contribution in [0, 0.1) is 0 Å². The minimum absolute atomic E-state index is 0.308. The van der Waals surface area contributed by atoms with Gasteiger partial charge in [-0.1, -0.05) is 61.4 Å². The number of hydrogen-bond acceptors (Lipinski definition) is 3. The molecule has 2 aromatic rings. The van der Waals surface area contributed by atoms with Gasteiger partial charge in [0, 0.05) is 17.4 Å². The van der Waals surface area contributed by atoms with Crippen molar-refractivity contribution in [3.05, 3.63) is 54.6 Å². The van der Waals surface area contributed by atoms with Crippen molar-refractivity contribution in [2.45, 2.75) is 37.8 Å². The van der Waals surface area contributed by atoms with E-state index in [0.717, 1.165) is 24.9 Å². The fourth-order valence-corrected chi connectivity index (χ4v) is 5.98. The van der Waals surface area contributed by atoms with Crippen molar-refractivity contribution >= 4 is 18.5 Å². The highest BCUT2D eigenvalue weighted by Gasteiger charge is 2.22. The Morgan fingerprint density at radius 2 is 1.76 bits per heavy atom.